The summed E-state index contributed by atoms with van der Waals surface area (Å²) in [5.74, 6) is -2.92. The number of rotatable bonds is 6. The van der Waals surface area contributed by atoms with Gasteiger partial charge in [-0.05, 0) is 24.6 Å². The number of carboxylic acid groups (broad SMARTS) is 1. The lowest BCUT2D eigenvalue weighted by Gasteiger charge is -2.08. The molecule has 5 nitrogen and oxygen atoms in total. The molecule has 2 N–H and O–H groups in total. The summed E-state index contributed by atoms with van der Waals surface area (Å²) in [7, 11) is 0. The number of nitrogens with one attached hydrogen (secondary N) is 1. The minimum atomic E-state index is -4.82. The topological polar surface area (TPSA) is 75.1 Å². The van der Waals surface area contributed by atoms with E-state index in [1.807, 2.05) is 0 Å². The molecule has 0 saturated carbocycles. The zero-order valence-electron chi connectivity index (χ0n) is 14.7. The van der Waals surface area contributed by atoms with Crippen molar-refractivity contribution in [3.63, 3.8) is 0 Å². The van der Waals surface area contributed by atoms with Crippen LogP contribution in [0.2, 0.25) is 0 Å². The van der Waals surface area contributed by atoms with Gasteiger partial charge in [-0.2, -0.15) is 13.2 Å². The second-order valence-corrected chi connectivity index (χ2v) is 7.94. The third kappa shape index (κ3) is 4.93. The van der Waals surface area contributed by atoms with Gasteiger partial charge in [-0.15, -0.1) is 11.3 Å². The second kappa shape index (κ2) is 8.64. The first-order valence-electron chi connectivity index (χ1n) is 8.20. The molecule has 158 valence electrons. The van der Waals surface area contributed by atoms with E-state index in [1.165, 1.54) is 6.07 Å². The lowest BCUT2D eigenvalue weighted by atomic mass is 10.1. The van der Waals surface area contributed by atoms with E-state index in [0.29, 0.717) is 17.4 Å². The van der Waals surface area contributed by atoms with E-state index in [4.69, 9.17) is 5.11 Å². The van der Waals surface area contributed by atoms with Gasteiger partial charge in [0.15, 0.2) is 0 Å². The van der Waals surface area contributed by atoms with Crippen molar-refractivity contribution in [3.8, 4) is 10.6 Å². The maximum absolute atomic E-state index is 13.9. The minimum Gasteiger partial charge on any atom is -0.477 e. The lowest BCUT2D eigenvalue weighted by Crippen LogP contribution is -2.09. The van der Waals surface area contributed by atoms with Gasteiger partial charge in [0, 0.05) is 22.6 Å². The van der Waals surface area contributed by atoms with Crippen LogP contribution in [0.25, 0.3) is 10.6 Å². The van der Waals surface area contributed by atoms with Gasteiger partial charge in [-0.1, -0.05) is 15.9 Å². The summed E-state index contributed by atoms with van der Waals surface area (Å²) in [6, 6.07) is 4.31. The predicted molar refractivity (Wildman–Crippen MR) is 104 cm³/mol. The third-order valence-electron chi connectivity index (χ3n) is 3.94. The van der Waals surface area contributed by atoms with Crippen molar-refractivity contribution in [2.45, 2.75) is 12.6 Å². The van der Waals surface area contributed by atoms with Crippen molar-refractivity contribution in [1.29, 1.82) is 0 Å². The molecule has 2 heterocycles. The number of aromatic nitrogens is 2. The Morgan fingerprint density at radius 3 is 2.37 bits per heavy atom. The Balaban J connectivity index is 1.78. The molecule has 0 radical (unpaired) electrons. The molecule has 0 aliphatic heterocycles. The quantitative estimate of drug-likeness (QED) is 0.423. The van der Waals surface area contributed by atoms with E-state index in [9.17, 15) is 26.7 Å². The van der Waals surface area contributed by atoms with Crippen LogP contribution in [0.15, 0.2) is 35.1 Å². The first-order chi connectivity index (χ1) is 14.1. The van der Waals surface area contributed by atoms with Gasteiger partial charge in [0.2, 0.25) is 0 Å². The van der Waals surface area contributed by atoms with Gasteiger partial charge in [0.25, 0.3) is 0 Å². The number of carbonyl (C=O) groups is 1. The fourth-order valence-electron chi connectivity index (χ4n) is 2.60. The average Bonchev–Trinajstić information content (AvgIpc) is 3.10. The summed E-state index contributed by atoms with van der Waals surface area (Å²) in [4.78, 5) is 18.1. The normalized spacial score (nSPS) is 11.5. The summed E-state index contributed by atoms with van der Waals surface area (Å²) >= 11 is 3.43. The van der Waals surface area contributed by atoms with E-state index >= 15 is 0 Å². The standard InChI is InChI=1S/C18H11BrF5N3O2S/c19-8-3-11(20)9(12(21)4-8)1-2-25-15-6-13(26-7-27-15)14-5-10(18(22,23)24)16(30-14)17(28)29/h3-7H,1-2H2,(H,28,29)(H,25,26,27). The maximum atomic E-state index is 13.9. The van der Waals surface area contributed by atoms with E-state index in [1.54, 1.807) is 0 Å². The Hall–Kier alpha value is -2.60. The summed E-state index contributed by atoms with van der Waals surface area (Å²) in [6.07, 6.45) is -3.74. The van der Waals surface area contributed by atoms with Crippen LogP contribution in [0.1, 0.15) is 20.8 Å². The number of thiophene rings is 1. The zero-order chi connectivity index (χ0) is 22.1. The van der Waals surface area contributed by atoms with Crippen molar-refractivity contribution in [3.05, 3.63) is 62.7 Å². The van der Waals surface area contributed by atoms with Crippen LogP contribution in [-0.2, 0) is 12.6 Å². The number of hydrogen-bond donors (Lipinski definition) is 2. The molecule has 30 heavy (non-hydrogen) atoms. The number of alkyl halides is 3. The Morgan fingerprint density at radius 2 is 1.80 bits per heavy atom. The number of benzene rings is 1. The molecule has 3 rings (SSSR count). The molecule has 0 fully saturated rings. The Kier molecular flexibility index (Phi) is 6.36. The average molecular weight is 508 g/mol. The van der Waals surface area contributed by atoms with Crippen LogP contribution in [0, 0.1) is 11.6 Å². The van der Waals surface area contributed by atoms with E-state index < -0.39 is 34.2 Å². The highest BCUT2D eigenvalue weighted by molar-refractivity contribution is 9.10. The molecule has 3 aromatic rings. The van der Waals surface area contributed by atoms with Gasteiger partial charge in [0.05, 0.1) is 16.1 Å². The van der Waals surface area contributed by atoms with E-state index in [-0.39, 0.29) is 39.4 Å². The summed E-state index contributed by atoms with van der Waals surface area (Å²) in [5, 5.41) is 11.8. The van der Waals surface area contributed by atoms with E-state index in [2.05, 4.69) is 31.2 Å². The molecule has 0 aliphatic rings. The van der Waals surface area contributed by atoms with Crippen LogP contribution in [-0.4, -0.2) is 27.6 Å². The number of nitrogens with zero attached hydrogens (tertiary/aromatic N) is 2. The van der Waals surface area contributed by atoms with Gasteiger partial charge >= 0.3 is 12.1 Å². The highest BCUT2D eigenvalue weighted by atomic mass is 79.9. The van der Waals surface area contributed by atoms with Gasteiger partial charge in [-0.25, -0.2) is 23.5 Å². The summed E-state index contributed by atoms with van der Waals surface area (Å²) in [5.41, 5.74) is -1.31. The molecule has 0 amide bonds. The summed E-state index contributed by atoms with van der Waals surface area (Å²) in [6.45, 7) is 0.0878. The SMILES string of the molecule is O=C(O)c1sc(-c2cc(NCCc3c(F)cc(Br)cc3F)ncn2)cc1C(F)(F)F. The molecule has 12 heteroatoms. The molecule has 0 aliphatic carbocycles. The van der Waals surface area contributed by atoms with Gasteiger partial charge < -0.3 is 10.4 Å². The molecular formula is C18H11BrF5N3O2S. The molecule has 2 aromatic heterocycles. The lowest BCUT2D eigenvalue weighted by molar-refractivity contribution is -0.137. The minimum absolute atomic E-state index is 0.00447. The van der Waals surface area contributed by atoms with Crippen molar-refractivity contribution in [2.24, 2.45) is 0 Å². The third-order valence-corrected chi connectivity index (χ3v) is 5.54. The van der Waals surface area contributed by atoms with Crippen LogP contribution in [0.4, 0.5) is 27.8 Å². The predicted octanol–water partition coefficient (Wildman–Crippen LogP) is 5.62. The molecule has 0 unspecified atom stereocenters. The highest BCUT2D eigenvalue weighted by Gasteiger charge is 2.37. The van der Waals surface area contributed by atoms with Crippen LogP contribution >= 0.6 is 27.3 Å². The number of anilines is 1. The number of hydrogen-bond acceptors (Lipinski definition) is 5. The first-order valence-corrected chi connectivity index (χ1v) is 9.81. The first kappa shape index (κ1) is 22.1. The van der Waals surface area contributed by atoms with Gasteiger partial charge in [-0.3, -0.25) is 0 Å². The molecule has 0 bridgehead atoms. The second-order valence-electron chi connectivity index (χ2n) is 5.97. The zero-order valence-corrected chi connectivity index (χ0v) is 17.1. The fourth-order valence-corrected chi connectivity index (χ4v) is 3.99. The van der Waals surface area contributed by atoms with Crippen molar-refractivity contribution in [1.82, 2.24) is 9.97 Å². The van der Waals surface area contributed by atoms with Crippen LogP contribution in [0.5, 0.6) is 0 Å². The fraction of sp³-hybridized carbons (Fsp3) is 0.167. The Labute approximate surface area is 178 Å². The molecule has 0 atom stereocenters. The van der Waals surface area contributed by atoms with E-state index in [0.717, 1.165) is 18.5 Å². The molecule has 1 aromatic carbocycles. The maximum Gasteiger partial charge on any atom is 0.418 e. The summed E-state index contributed by atoms with van der Waals surface area (Å²) < 4.78 is 67.2. The number of aromatic carboxylic acids is 1. The van der Waals surface area contributed by atoms with Gasteiger partial charge in [0.1, 0.15) is 28.7 Å². The van der Waals surface area contributed by atoms with Crippen molar-refractivity contribution >= 4 is 39.1 Å². The van der Waals surface area contributed by atoms with Crippen LogP contribution < -0.4 is 5.32 Å². The molecular weight excluding hydrogens is 497 g/mol. The Morgan fingerprint density at radius 1 is 1.13 bits per heavy atom. The number of halogens is 6. The van der Waals surface area contributed by atoms with Crippen molar-refractivity contribution < 1.29 is 31.9 Å². The van der Waals surface area contributed by atoms with Crippen LogP contribution in [0.3, 0.4) is 0 Å². The largest absolute Gasteiger partial charge is 0.477 e. The highest BCUT2D eigenvalue weighted by Crippen LogP contribution is 2.40. The molecule has 0 saturated heterocycles. The molecule has 0 spiro atoms. The monoisotopic (exact) mass is 507 g/mol. The van der Waals surface area contributed by atoms with Crippen molar-refractivity contribution in [2.75, 3.05) is 11.9 Å². The number of carboxylic acids is 1. The Bertz CT molecular complexity index is 1080. The smallest absolute Gasteiger partial charge is 0.418 e.